The highest BCUT2D eigenvalue weighted by Gasteiger charge is 2.47. The molecule has 2 N–H and O–H groups in total. The van der Waals surface area contributed by atoms with Gasteiger partial charge in [0.25, 0.3) is 0 Å². The Kier molecular flexibility index (Phi) is 3.83. The number of piperidine rings is 1. The Bertz CT molecular complexity index is 341. The van der Waals surface area contributed by atoms with Crippen molar-refractivity contribution in [3.8, 4) is 0 Å². The van der Waals surface area contributed by atoms with Crippen molar-refractivity contribution >= 4 is 6.09 Å². The maximum Gasteiger partial charge on any atom is 0.410 e. The normalized spacial score (nSPS) is 30.7. The van der Waals surface area contributed by atoms with E-state index in [9.17, 15) is 4.79 Å². The van der Waals surface area contributed by atoms with Gasteiger partial charge in [0.05, 0.1) is 0 Å². The SMILES string of the molecule is CC1CCC2(CCN(C(=O)OC(C)(C)C)CC2)[C@@H]1N. The van der Waals surface area contributed by atoms with E-state index in [1.165, 1.54) is 12.8 Å². The molecule has 1 amide bonds. The van der Waals surface area contributed by atoms with Crippen molar-refractivity contribution in [2.75, 3.05) is 13.1 Å². The van der Waals surface area contributed by atoms with Gasteiger partial charge in [0.2, 0.25) is 0 Å². The van der Waals surface area contributed by atoms with E-state index in [0.29, 0.717) is 12.0 Å². The second kappa shape index (κ2) is 4.97. The molecule has 1 saturated carbocycles. The third-order valence-corrected chi connectivity index (χ3v) is 4.83. The van der Waals surface area contributed by atoms with Crippen LogP contribution in [0.15, 0.2) is 0 Å². The second-order valence-electron chi connectivity index (χ2n) is 7.37. The van der Waals surface area contributed by atoms with E-state index >= 15 is 0 Å². The topological polar surface area (TPSA) is 55.6 Å². The molecule has 0 aromatic heterocycles. The summed E-state index contributed by atoms with van der Waals surface area (Å²) in [5, 5.41) is 0. The predicted octanol–water partition coefficient (Wildman–Crippen LogP) is 2.76. The van der Waals surface area contributed by atoms with Gasteiger partial charge >= 0.3 is 6.09 Å². The molecule has 0 radical (unpaired) electrons. The molecule has 0 aromatic rings. The highest BCUT2D eigenvalue weighted by atomic mass is 16.6. The fourth-order valence-electron chi connectivity index (χ4n) is 3.51. The van der Waals surface area contributed by atoms with Gasteiger partial charge in [-0.3, -0.25) is 0 Å². The Morgan fingerprint density at radius 2 is 1.84 bits per heavy atom. The van der Waals surface area contributed by atoms with Crippen LogP contribution in [0.3, 0.4) is 0 Å². The van der Waals surface area contributed by atoms with E-state index in [1.54, 1.807) is 0 Å². The van der Waals surface area contributed by atoms with Crippen LogP contribution in [-0.4, -0.2) is 35.7 Å². The van der Waals surface area contributed by atoms with E-state index in [2.05, 4.69) is 6.92 Å². The zero-order chi connectivity index (χ0) is 14.3. The summed E-state index contributed by atoms with van der Waals surface area (Å²) >= 11 is 0. The molecule has 2 rings (SSSR count). The highest BCUT2D eigenvalue weighted by Crippen LogP contribution is 2.47. The molecule has 1 spiro atoms. The Morgan fingerprint density at radius 1 is 1.26 bits per heavy atom. The largest absolute Gasteiger partial charge is 0.444 e. The molecule has 1 aliphatic heterocycles. The number of carbonyl (C=O) groups excluding carboxylic acids is 1. The fourth-order valence-corrected chi connectivity index (χ4v) is 3.51. The van der Waals surface area contributed by atoms with Crippen LogP contribution < -0.4 is 5.73 Å². The zero-order valence-electron chi connectivity index (χ0n) is 12.7. The maximum absolute atomic E-state index is 12.0. The van der Waals surface area contributed by atoms with Crippen molar-refractivity contribution in [3.05, 3.63) is 0 Å². The van der Waals surface area contributed by atoms with Crippen LogP contribution >= 0.6 is 0 Å². The minimum Gasteiger partial charge on any atom is -0.444 e. The number of amides is 1. The summed E-state index contributed by atoms with van der Waals surface area (Å²) in [6, 6.07) is 0.299. The highest BCUT2D eigenvalue weighted by molar-refractivity contribution is 5.68. The molecule has 1 unspecified atom stereocenters. The van der Waals surface area contributed by atoms with E-state index < -0.39 is 5.60 Å². The van der Waals surface area contributed by atoms with Crippen LogP contribution in [0.25, 0.3) is 0 Å². The number of hydrogen-bond acceptors (Lipinski definition) is 3. The summed E-state index contributed by atoms with van der Waals surface area (Å²) in [4.78, 5) is 13.9. The van der Waals surface area contributed by atoms with E-state index in [4.69, 9.17) is 10.5 Å². The Labute approximate surface area is 116 Å². The molecule has 0 aromatic carbocycles. The first-order chi connectivity index (χ1) is 8.73. The lowest BCUT2D eigenvalue weighted by molar-refractivity contribution is 0.00822. The van der Waals surface area contributed by atoms with E-state index in [1.807, 2.05) is 25.7 Å². The smallest absolute Gasteiger partial charge is 0.410 e. The van der Waals surface area contributed by atoms with Gasteiger partial charge in [-0.2, -0.15) is 0 Å². The number of ether oxygens (including phenoxy) is 1. The van der Waals surface area contributed by atoms with Crippen molar-refractivity contribution in [1.82, 2.24) is 4.90 Å². The molecule has 2 fully saturated rings. The average molecular weight is 268 g/mol. The molecular formula is C15H28N2O2. The number of rotatable bonds is 0. The number of carbonyl (C=O) groups is 1. The molecule has 4 heteroatoms. The van der Waals surface area contributed by atoms with Crippen molar-refractivity contribution in [2.45, 2.75) is 65.0 Å². The zero-order valence-corrected chi connectivity index (χ0v) is 12.7. The first-order valence-corrected chi connectivity index (χ1v) is 7.47. The van der Waals surface area contributed by atoms with Gasteiger partial charge in [-0.25, -0.2) is 4.79 Å². The van der Waals surface area contributed by atoms with Gasteiger partial charge in [0.1, 0.15) is 5.60 Å². The minimum absolute atomic E-state index is 0.179. The fraction of sp³-hybridized carbons (Fsp3) is 0.933. The Balaban J connectivity index is 1.91. The summed E-state index contributed by atoms with van der Waals surface area (Å²) in [5.74, 6) is 0.619. The number of nitrogens with zero attached hydrogens (tertiary/aromatic N) is 1. The minimum atomic E-state index is -0.412. The Hall–Kier alpha value is -0.770. The molecule has 2 aliphatic rings. The van der Waals surface area contributed by atoms with Crippen LogP contribution in [-0.2, 0) is 4.74 Å². The number of likely N-dealkylation sites (tertiary alicyclic amines) is 1. The third kappa shape index (κ3) is 3.04. The van der Waals surface area contributed by atoms with Gasteiger partial charge in [-0.1, -0.05) is 6.92 Å². The molecule has 1 saturated heterocycles. The third-order valence-electron chi connectivity index (χ3n) is 4.83. The molecule has 1 heterocycles. The molecule has 110 valence electrons. The quantitative estimate of drug-likeness (QED) is 0.735. The maximum atomic E-state index is 12.0. The van der Waals surface area contributed by atoms with Gasteiger partial charge < -0.3 is 15.4 Å². The summed E-state index contributed by atoms with van der Waals surface area (Å²) in [6.07, 6.45) is 4.32. The van der Waals surface area contributed by atoms with Crippen LogP contribution in [0.4, 0.5) is 4.79 Å². The lowest BCUT2D eigenvalue weighted by Gasteiger charge is -2.42. The lowest BCUT2D eigenvalue weighted by Crippen LogP contribution is -2.50. The van der Waals surface area contributed by atoms with Crippen LogP contribution in [0.1, 0.15) is 53.4 Å². The standard InChI is InChI=1S/C15H28N2O2/c1-11-5-6-15(12(11)16)7-9-17(10-8-15)13(18)19-14(2,3)4/h11-12H,5-10,16H2,1-4H3/t11?,12-/m1/s1. The molecular weight excluding hydrogens is 240 g/mol. The van der Waals surface area contributed by atoms with E-state index in [-0.39, 0.29) is 11.5 Å². The van der Waals surface area contributed by atoms with Crippen LogP contribution in [0, 0.1) is 11.3 Å². The summed E-state index contributed by atoms with van der Waals surface area (Å²) in [7, 11) is 0. The van der Waals surface area contributed by atoms with Crippen molar-refractivity contribution in [3.63, 3.8) is 0 Å². The molecule has 0 bridgehead atoms. The molecule has 19 heavy (non-hydrogen) atoms. The first kappa shape index (κ1) is 14.6. The van der Waals surface area contributed by atoms with Crippen LogP contribution in [0.2, 0.25) is 0 Å². The number of nitrogens with two attached hydrogens (primary N) is 1. The van der Waals surface area contributed by atoms with Gasteiger partial charge in [-0.05, 0) is 57.8 Å². The summed E-state index contributed by atoms with van der Waals surface area (Å²) in [5.41, 5.74) is 6.24. The summed E-state index contributed by atoms with van der Waals surface area (Å²) in [6.45, 7) is 9.55. The summed E-state index contributed by atoms with van der Waals surface area (Å²) < 4.78 is 5.43. The van der Waals surface area contributed by atoms with Crippen molar-refractivity contribution in [2.24, 2.45) is 17.1 Å². The first-order valence-electron chi connectivity index (χ1n) is 7.47. The predicted molar refractivity (Wildman–Crippen MR) is 75.8 cm³/mol. The number of hydrogen-bond donors (Lipinski definition) is 1. The van der Waals surface area contributed by atoms with Gasteiger partial charge in [0.15, 0.2) is 0 Å². The molecule has 2 atom stereocenters. The average Bonchev–Trinajstić information content (AvgIpc) is 2.57. The Morgan fingerprint density at radius 3 is 2.26 bits per heavy atom. The van der Waals surface area contributed by atoms with Gasteiger partial charge in [-0.15, -0.1) is 0 Å². The van der Waals surface area contributed by atoms with E-state index in [0.717, 1.165) is 25.9 Å². The second-order valence-corrected chi connectivity index (χ2v) is 7.37. The molecule has 4 nitrogen and oxygen atoms in total. The van der Waals surface area contributed by atoms with Gasteiger partial charge in [0, 0.05) is 19.1 Å². The molecule has 1 aliphatic carbocycles. The van der Waals surface area contributed by atoms with Crippen LogP contribution in [0.5, 0.6) is 0 Å². The monoisotopic (exact) mass is 268 g/mol. The van der Waals surface area contributed by atoms with Crippen molar-refractivity contribution in [1.29, 1.82) is 0 Å². The lowest BCUT2D eigenvalue weighted by atomic mass is 9.73. The van der Waals surface area contributed by atoms with Crippen molar-refractivity contribution < 1.29 is 9.53 Å².